The third kappa shape index (κ3) is 4.13. The van der Waals surface area contributed by atoms with Gasteiger partial charge in [-0.1, -0.05) is 12.1 Å². The maximum Gasteiger partial charge on any atom is 0.225 e. The minimum atomic E-state index is -1.06. The Morgan fingerprint density at radius 2 is 2.29 bits per heavy atom. The van der Waals surface area contributed by atoms with Crippen LogP contribution in [-0.4, -0.2) is 33.8 Å². The summed E-state index contributed by atoms with van der Waals surface area (Å²) >= 11 is 0. The van der Waals surface area contributed by atoms with E-state index in [-0.39, 0.29) is 23.7 Å². The first-order valence-corrected chi connectivity index (χ1v) is 8.28. The van der Waals surface area contributed by atoms with Gasteiger partial charge in [0, 0.05) is 29.6 Å². The molecular formula is C15H18N2O3S. The van der Waals surface area contributed by atoms with Crippen LogP contribution >= 0.6 is 0 Å². The van der Waals surface area contributed by atoms with E-state index in [1.54, 1.807) is 24.3 Å². The second-order valence-corrected chi connectivity index (χ2v) is 6.72. The number of para-hydroxylation sites is 1. The summed E-state index contributed by atoms with van der Waals surface area (Å²) in [6, 6.07) is 8.85. The number of nitrogens with zero attached hydrogens (tertiary/aromatic N) is 1. The number of hydrogen-bond donors (Lipinski definition) is 1. The van der Waals surface area contributed by atoms with E-state index >= 15 is 0 Å². The highest BCUT2D eigenvalue weighted by atomic mass is 32.2. The van der Waals surface area contributed by atoms with Crippen LogP contribution in [0, 0.1) is 11.3 Å². The fourth-order valence-electron chi connectivity index (χ4n) is 2.30. The number of benzene rings is 1. The van der Waals surface area contributed by atoms with E-state index in [4.69, 9.17) is 10.00 Å². The smallest absolute Gasteiger partial charge is 0.225 e. The number of rotatable bonds is 5. The van der Waals surface area contributed by atoms with Crippen LogP contribution in [0.15, 0.2) is 24.3 Å². The summed E-state index contributed by atoms with van der Waals surface area (Å²) < 4.78 is 17.5. The molecule has 3 unspecified atom stereocenters. The summed E-state index contributed by atoms with van der Waals surface area (Å²) in [4.78, 5) is 11.9. The quantitative estimate of drug-likeness (QED) is 0.900. The van der Waals surface area contributed by atoms with E-state index < -0.39 is 10.8 Å². The van der Waals surface area contributed by atoms with Crippen LogP contribution in [-0.2, 0) is 20.3 Å². The minimum absolute atomic E-state index is 0.00629. The third-order valence-corrected chi connectivity index (χ3v) is 5.40. The van der Waals surface area contributed by atoms with Gasteiger partial charge in [0.2, 0.25) is 5.91 Å². The zero-order chi connectivity index (χ0) is 15.2. The van der Waals surface area contributed by atoms with Gasteiger partial charge in [-0.05, 0) is 25.5 Å². The molecule has 1 aliphatic rings. The highest BCUT2D eigenvalue weighted by Crippen LogP contribution is 2.19. The van der Waals surface area contributed by atoms with Crippen molar-refractivity contribution in [2.24, 2.45) is 0 Å². The SMILES string of the molecule is CC1OCCC1S(=O)CCC(=O)Nc1ccccc1C#N. The molecule has 1 heterocycles. The largest absolute Gasteiger partial charge is 0.377 e. The molecule has 6 heteroatoms. The Hall–Kier alpha value is -1.71. The number of amides is 1. The maximum atomic E-state index is 12.1. The minimum Gasteiger partial charge on any atom is -0.377 e. The van der Waals surface area contributed by atoms with E-state index in [9.17, 15) is 9.00 Å². The van der Waals surface area contributed by atoms with Crippen molar-refractivity contribution >= 4 is 22.4 Å². The van der Waals surface area contributed by atoms with Crippen molar-refractivity contribution in [1.82, 2.24) is 0 Å². The lowest BCUT2D eigenvalue weighted by Gasteiger charge is -2.13. The molecule has 0 radical (unpaired) electrons. The lowest BCUT2D eigenvalue weighted by Crippen LogP contribution is -2.26. The molecule has 1 aliphatic heterocycles. The first-order valence-electron chi connectivity index (χ1n) is 6.89. The van der Waals surface area contributed by atoms with Crippen LogP contribution in [0.3, 0.4) is 0 Å². The molecule has 0 spiro atoms. The number of ether oxygens (including phenoxy) is 1. The van der Waals surface area contributed by atoms with Gasteiger partial charge in [-0.3, -0.25) is 9.00 Å². The number of nitrogens with one attached hydrogen (secondary N) is 1. The number of nitriles is 1. The van der Waals surface area contributed by atoms with Gasteiger partial charge in [0.05, 0.1) is 22.6 Å². The van der Waals surface area contributed by atoms with Crippen LogP contribution in [0.2, 0.25) is 0 Å². The van der Waals surface area contributed by atoms with Crippen LogP contribution in [0.5, 0.6) is 0 Å². The zero-order valence-electron chi connectivity index (χ0n) is 11.9. The van der Waals surface area contributed by atoms with Gasteiger partial charge in [0.25, 0.3) is 0 Å². The normalized spacial score (nSPS) is 22.5. The van der Waals surface area contributed by atoms with Crippen molar-refractivity contribution in [1.29, 1.82) is 5.26 Å². The van der Waals surface area contributed by atoms with E-state index in [0.29, 0.717) is 23.6 Å². The second kappa shape index (κ2) is 7.34. The van der Waals surface area contributed by atoms with E-state index in [0.717, 1.165) is 6.42 Å². The fourth-order valence-corrected chi connectivity index (χ4v) is 3.86. The molecule has 1 aromatic carbocycles. The molecule has 21 heavy (non-hydrogen) atoms. The Balaban J connectivity index is 1.85. The topological polar surface area (TPSA) is 79.2 Å². The lowest BCUT2D eigenvalue weighted by molar-refractivity contribution is -0.115. The number of anilines is 1. The number of carbonyl (C=O) groups is 1. The van der Waals surface area contributed by atoms with Gasteiger partial charge >= 0.3 is 0 Å². The predicted octanol–water partition coefficient (Wildman–Crippen LogP) is 1.81. The molecule has 0 bridgehead atoms. The van der Waals surface area contributed by atoms with Crippen LogP contribution < -0.4 is 5.32 Å². The van der Waals surface area contributed by atoms with Crippen molar-refractivity contribution < 1.29 is 13.7 Å². The maximum absolute atomic E-state index is 12.1. The first-order chi connectivity index (χ1) is 10.1. The molecule has 0 aliphatic carbocycles. The Morgan fingerprint density at radius 3 is 2.95 bits per heavy atom. The molecule has 5 nitrogen and oxygen atoms in total. The van der Waals surface area contributed by atoms with Crippen LogP contribution in [0.25, 0.3) is 0 Å². The summed E-state index contributed by atoms with van der Waals surface area (Å²) in [7, 11) is -1.06. The van der Waals surface area contributed by atoms with Gasteiger partial charge < -0.3 is 10.1 Å². The van der Waals surface area contributed by atoms with Crippen LogP contribution in [0.4, 0.5) is 5.69 Å². The number of hydrogen-bond acceptors (Lipinski definition) is 4. The first kappa shape index (κ1) is 15.7. The van der Waals surface area contributed by atoms with Crippen molar-refractivity contribution in [3.8, 4) is 6.07 Å². The molecule has 1 amide bonds. The second-order valence-electron chi connectivity index (χ2n) is 4.94. The summed E-state index contributed by atoms with van der Waals surface area (Å²) in [5.74, 6) is 0.0939. The molecule has 1 saturated heterocycles. The molecule has 1 aromatic rings. The standard InChI is InChI=1S/C15H18N2O3S/c1-11-14(6-8-20-11)21(19)9-7-15(18)17-13-5-3-2-4-12(13)10-16/h2-5,11,14H,6-9H2,1H3,(H,17,18). The molecule has 1 N–H and O–H groups in total. The third-order valence-electron chi connectivity index (χ3n) is 3.50. The van der Waals surface area contributed by atoms with Gasteiger partial charge in [-0.2, -0.15) is 5.26 Å². The highest BCUT2D eigenvalue weighted by molar-refractivity contribution is 7.85. The summed E-state index contributed by atoms with van der Waals surface area (Å²) in [5, 5.41) is 11.7. The monoisotopic (exact) mass is 306 g/mol. The molecule has 112 valence electrons. The van der Waals surface area contributed by atoms with Gasteiger partial charge in [0.1, 0.15) is 6.07 Å². The Morgan fingerprint density at radius 1 is 1.52 bits per heavy atom. The molecule has 2 rings (SSSR count). The van der Waals surface area contributed by atoms with E-state index in [2.05, 4.69) is 5.32 Å². The van der Waals surface area contributed by atoms with Crippen molar-refractivity contribution in [2.75, 3.05) is 17.7 Å². The van der Waals surface area contributed by atoms with Crippen LogP contribution in [0.1, 0.15) is 25.3 Å². The van der Waals surface area contributed by atoms with Gasteiger partial charge in [-0.25, -0.2) is 0 Å². The molecule has 0 aromatic heterocycles. The number of carbonyl (C=O) groups excluding carboxylic acids is 1. The van der Waals surface area contributed by atoms with Crippen molar-refractivity contribution in [3.63, 3.8) is 0 Å². The molecule has 3 atom stereocenters. The molecular weight excluding hydrogens is 288 g/mol. The summed E-state index contributed by atoms with van der Waals surface area (Å²) in [5.41, 5.74) is 0.915. The van der Waals surface area contributed by atoms with Crippen molar-refractivity contribution in [3.05, 3.63) is 29.8 Å². The average Bonchev–Trinajstić information content (AvgIpc) is 2.91. The average molecular weight is 306 g/mol. The molecule has 1 fully saturated rings. The predicted molar refractivity (Wildman–Crippen MR) is 81.2 cm³/mol. The van der Waals surface area contributed by atoms with Gasteiger partial charge in [-0.15, -0.1) is 0 Å². The summed E-state index contributed by atoms with van der Waals surface area (Å²) in [6.45, 7) is 2.55. The zero-order valence-corrected chi connectivity index (χ0v) is 12.7. The Bertz CT molecular complexity index is 583. The van der Waals surface area contributed by atoms with E-state index in [1.807, 2.05) is 13.0 Å². The van der Waals surface area contributed by atoms with Crippen molar-refractivity contribution in [2.45, 2.75) is 31.1 Å². The fraction of sp³-hybridized carbons (Fsp3) is 0.467. The highest BCUT2D eigenvalue weighted by Gasteiger charge is 2.29. The molecule has 0 saturated carbocycles. The van der Waals surface area contributed by atoms with E-state index in [1.165, 1.54) is 0 Å². The summed E-state index contributed by atoms with van der Waals surface area (Å²) in [6.07, 6.45) is 0.954. The Labute approximate surface area is 126 Å². The lowest BCUT2D eigenvalue weighted by atomic mass is 10.2. The Kier molecular flexibility index (Phi) is 5.48. The van der Waals surface area contributed by atoms with Gasteiger partial charge in [0.15, 0.2) is 0 Å².